The average Bonchev–Trinajstić information content (AvgIpc) is 2.98. The van der Waals surface area contributed by atoms with Crippen molar-refractivity contribution < 1.29 is 14.6 Å². The van der Waals surface area contributed by atoms with Crippen molar-refractivity contribution >= 4 is 5.97 Å². The van der Waals surface area contributed by atoms with Crippen LogP contribution in [0.4, 0.5) is 0 Å². The summed E-state index contributed by atoms with van der Waals surface area (Å²) in [6.07, 6.45) is 1.47. The second-order valence-corrected chi connectivity index (χ2v) is 5.03. The van der Waals surface area contributed by atoms with Crippen molar-refractivity contribution in [3.63, 3.8) is 0 Å². The number of carbonyl (C=O) groups is 1. The Morgan fingerprint density at radius 3 is 2.81 bits per heavy atom. The van der Waals surface area contributed by atoms with Gasteiger partial charge < -0.3 is 9.84 Å². The Labute approximate surface area is 121 Å². The van der Waals surface area contributed by atoms with Crippen LogP contribution in [-0.2, 0) is 24.4 Å². The monoisotopic (exact) mass is 294 g/mol. The summed E-state index contributed by atoms with van der Waals surface area (Å²) in [7, 11) is 1.49. The van der Waals surface area contributed by atoms with Gasteiger partial charge in [0.05, 0.1) is 12.3 Å². The average molecular weight is 294 g/mol. The highest BCUT2D eigenvalue weighted by Crippen LogP contribution is 2.10. The fraction of sp³-hybridized carbons (Fsp3) is 0.583. The molecule has 0 aliphatic carbocycles. The molecule has 0 amide bonds. The molecule has 2 aromatic rings. The van der Waals surface area contributed by atoms with E-state index in [9.17, 15) is 4.79 Å². The lowest BCUT2D eigenvalue weighted by Gasteiger charge is -2.09. The summed E-state index contributed by atoms with van der Waals surface area (Å²) in [4.78, 5) is 15.3. The van der Waals surface area contributed by atoms with Crippen LogP contribution in [-0.4, -0.2) is 47.9 Å². The smallest absolute Gasteiger partial charge is 0.358 e. The van der Waals surface area contributed by atoms with Crippen LogP contribution in [0.1, 0.15) is 35.9 Å². The molecule has 0 aliphatic rings. The lowest BCUT2D eigenvalue weighted by molar-refractivity contribution is 0.0684. The quantitative estimate of drug-likeness (QED) is 0.788. The zero-order chi connectivity index (χ0) is 15.4. The van der Waals surface area contributed by atoms with E-state index in [-0.39, 0.29) is 12.3 Å². The van der Waals surface area contributed by atoms with Crippen LogP contribution in [0.3, 0.4) is 0 Å². The number of methoxy groups -OCH3 is 1. The first-order chi connectivity index (χ1) is 10.0. The van der Waals surface area contributed by atoms with Crippen molar-refractivity contribution in [1.29, 1.82) is 0 Å². The molecule has 2 aromatic heterocycles. The van der Waals surface area contributed by atoms with E-state index < -0.39 is 5.97 Å². The van der Waals surface area contributed by atoms with Crippen molar-refractivity contribution in [3.05, 3.63) is 23.5 Å². The molecular formula is C12H18N6O3. The van der Waals surface area contributed by atoms with Crippen LogP contribution in [0.25, 0.3) is 0 Å². The van der Waals surface area contributed by atoms with Crippen molar-refractivity contribution in [1.82, 2.24) is 29.8 Å². The van der Waals surface area contributed by atoms with Gasteiger partial charge in [-0.3, -0.25) is 0 Å². The van der Waals surface area contributed by atoms with Crippen LogP contribution >= 0.6 is 0 Å². The summed E-state index contributed by atoms with van der Waals surface area (Å²) >= 11 is 0. The Kier molecular flexibility index (Phi) is 4.63. The first-order valence-electron chi connectivity index (χ1n) is 6.54. The van der Waals surface area contributed by atoms with Gasteiger partial charge in [0.1, 0.15) is 18.7 Å². The maximum Gasteiger partial charge on any atom is 0.358 e. The molecule has 0 bridgehead atoms. The molecule has 2 heterocycles. The maximum absolute atomic E-state index is 11.1. The van der Waals surface area contributed by atoms with Crippen LogP contribution in [0, 0.1) is 5.92 Å². The Hall–Kier alpha value is -2.29. The summed E-state index contributed by atoms with van der Waals surface area (Å²) < 4.78 is 8.29. The minimum Gasteiger partial charge on any atom is -0.476 e. The molecule has 9 heteroatoms. The van der Waals surface area contributed by atoms with Gasteiger partial charge in [-0.1, -0.05) is 19.1 Å². The third-order valence-corrected chi connectivity index (χ3v) is 2.85. The van der Waals surface area contributed by atoms with E-state index in [0.29, 0.717) is 24.0 Å². The molecule has 1 N–H and O–H groups in total. The third-order valence-electron chi connectivity index (χ3n) is 2.85. The number of carboxylic acid groups (broad SMARTS) is 1. The molecule has 21 heavy (non-hydrogen) atoms. The van der Waals surface area contributed by atoms with E-state index in [1.54, 1.807) is 4.68 Å². The molecule has 9 nitrogen and oxygen atoms in total. The molecule has 0 saturated heterocycles. The second-order valence-electron chi connectivity index (χ2n) is 5.03. The first-order valence-corrected chi connectivity index (χ1v) is 6.54. The van der Waals surface area contributed by atoms with Crippen LogP contribution in [0.5, 0.6) is 0 Å². The molecule has 0 atom stereocenters. The third kappa shape index (κ3) is 3.43. The van der Waals surface area contributed by atoms with Gasteiger partial charge in [0, 0.05) is 13.7 Å². The number of nitrogens with zero attached hydrogens (tertiary/aromatic N) is 6. The lowest BCUT2D eigenvalue weighted by Crippen LogP contribution is -2.16. The molecule has 114 valence electrons. The first kappa shape index (κ1) is 15.1. The summed E-state index contributed by atoms with van der Waals surface area (Å²) in [6.45, 7) is 5.31. The van der Waals surface area contributed by atoms with Crippen LogP contribution in [0.15, 0.2) is 6.33 Å². The summed E-state index contributed by atoms with van der Waals surface area (Å²) in [5.74, 6) is -0.00550. The van der Waals surface area contributed by atoms with E-state index in [0.717, 1.165) is 6.54 Å². The number of hydrogen-bond donors (Lipinski definition) is 1. The molecule has 0 aromatic carbocycles. The molecular weight excluding hydrogens is 276 g/mol. The van der Waals surface area contributed by atoms with Gasteiger partial charge in [-0.15, -0.1) is 5.10 Å². The molecule has 2 rings (SSSR count). The Balaban J connectivity index is 2.27. The number of aromatic nitrogens is 6. The molecule has 0 spiro atoms. The number of aromatic carboxylic acids is 1. The molecule has 0 unspecified atom stereocenters. The highest BCUT2D eigenvalue weighted by molar-refractivity contribution is 5.86. The van der Waals surface area contributed by atoms with Gasteiger partial charge in [-0.05, 0) is 5.92 Å². The van der Waals surface area contributed by atoms with E-state index >= 15 is 0 Å². The fourth-order valence-corrected chi connectivity index (χ4v) is 1.95. The topological polar surface area (TPSA) is 108 Å². The Bertz CT molecular complexity index is 618. The Morgan fingerprint density at radius 2 is 2.19 bits per heavy atom. The number of carboxylic acids is 1. The van der Waals surface area contributed by atoms with Gasteiger partial charge in [-0.25, -0.2) is 19.1 Å². The van der Waals surface area contributed by atoms with Gasteiger partial charge >= 0.3 is 5.97 Å². The standard InChI is InChI=1S/C12H18N6O3/c1-8(2)4-18-10(13-7-14-18)5-17-9(6-21-3)11(12(19)20)15-16-17/h7-8H,4-6H2,1-3H3,(H,19,20). The maximum atomic E-state index is 11.1. The van der Waals surface area contributed by atoms with E-state index in [1.807, 2.05) is 0 Å². The van der Waals surface area contributed by atoms with E-state index in [1.165, 1.54) is 18.1 Å². The number of rotatable bonds is 7. The zero-order valence-corrected chi connectivity index (χ0v) is 12.2. The zero-order valence-electron chi connectivity index (χ0n) is 12.2. The van der Waals surface area contributed by atoms with Crippen molar-refractivity contribution in [2.75, 3.05) is 7.11 Å². The largest absolute Gasteiger partial charge is 0.476 e. The number of hydrogen-bond acceptors (Lipinski definition) is 6. The predicted molar refractivity (Wildman–Crippen MR) is 71.7 cm³/mol. The van der Waals surface area contributed by atoms with Crippen LogP contribution < -0.4 is 0 Å². The van der Waals surface area contributed by atoms with Crippen molar-refractivity contribution in [2.45, 2.75) is 33.5 Å². The summed E-state index contributed by atoms with van der Waals surface area (Å²) in [6, 6.07) is 0. The van der Waals surface area contributed by atoms with Gasteiger partial charge in [0.25, 0.3) is 0 Å². The predicted octanol–water partition coefficient (Wildman–Crippen LogP) is 0.418. The summed E-state index contributed by atoms with van der Waals surface area (Å²) in [5, 5.41) is 20.8. The van der Waals surface area contributed by atoms with Crippen molar-refractivity contribution in [2.24, 2.45) is 5.92 Å². The molecule has 0 fully saturated rings. The highest BCUT2D eigenvalue weighted by atomic mass is 16.5. The van der Waals surface area contributed by atoms with Gasteiger partial charge in [-0.2, -0.15) is 5.10 Å². The highest BCUT2D eigenvalue weighted by Gasteiger charge is 2.20. The van der Waals surface area contributed by atoms with Crippen molar-refractivity contribution in [3.8, 4) is 0 Å². The molecule has 0 saturated carbocycles. The number of ether oxygens (including phenoxy) is 1. The van der Waals surface area contributed by atoms with Gasteiger partial charge in [0.15, 0.2) is 5.69 Å². The fourth-order valence-electron chi connectivity index (χ4n) is 1.95. The summed E-state index contributed by atoms with van der Waals surface area (Å²) in [5.41, 5.74) is 0.302. The Morgan fingerprint density at radius 1 is 1.43 bits per heavy atom. The van der Waals surface area contributed by atoms with E-state index in [2.05, 4.69) is 34.2 Å². The SMILES string of the molecule is COCc1c(C(=O)O)nnn1Cc1ncnn1CC(C)C. The lowest BCUT2D eigenvalue weighted by atomic mass is 10.2. The molecule has 0 aliphatic heterocycles. The van der Waals surface area contributed by atoms with Gasteiger partial charge in [0.2, 0.25) is 0 Å². The van der Waals surface area contributed by atoms with Crippen LogP contribution in [0.2, 0.25) is 0 Å². The minimum atomic E-state index is -1.13. The second kappa shape index (κ2) is 6.44. The minimum absolute atomic E-state index is 0.105. The van der Waals surface area contributed by atoms with E-state index in [4.69, 9.17) is 9.84 Å². The normalized spacial score (nSPS) is 11.2. The molecule has 0 radical (unpaired) electrons.